The van der Waals surface area contributed by atoms with E-state index in [1.807, 2.05) is 13.8 Å². The van der Waals surface area contributed by atoms with Crippen molar-refractivity contribution in [2.75, 3.05) is 7.11 Å². The predicted molar refractivity (Wildman–Crippen MR) is 54.6 cm³/mol. The minimum Gasteiger partial charge on any atom is -0.504 e. The molecule has 5 nitrogen and oxygen atoms in total. The molecule has 0 spiro atoms. The molecular formula is C10H14O5. The summed E-state index contributed by atoms with van der Waals surface area (Å²) in [5.41, 5.74) is -0.146. The average molecular weight is 214 g/mol. The number of phenolic OH excluding ortho intramolecular Hbond substituents is 2. The van der Waals surface area contributed by atoms with Crippen molar-refractivity contribution in [3.63, 3.8) is 0 Å². The zero-order valence-electron chi connectivity index (χ0n) is 8.81. The zero-order chi connectivity index (χ0) is 12.0. The fourth-order valence-electron chi connectivity index (χ4n) is 0.872. The number of benzene rings is 1. The van der Waals surface area contributed by atoms with Crippen LogP contribution in [0.25, 0.3) is 0 Å². The third-order valence-electron chi connectivity index (χ3n) is 1.52. The van der Waals surface area contributed by atoms with Gasteiger partial charge in [0.05, 0.1) is 12.7 Å². The lowest BCUT2D eigenvalue weighted by atomic mass is 10.2. The second-order valence-electron chi connectivity index (χ2n) is 2.35. The summed E-state index contributed by atoms with van der Waals surface area (Å²) in [4.78, 5) is 10.5. The maximum atomic E-state index is 10.5. The molecule has 0 aliphatic rings. The molecule has 0 heterocycles. The summed E-state index contributed by atoms with van der Waals surface area (Å²) in [6.07, 6.45) is 0. The quantitative estimate of drug-likeness (QED) is 0.654. The highest BCUT2D eigenvalue weighted by molar-refractivity contribution is 5.89. The van der Waals surface area contributed by atoms with Gasteiger partial charge in [-0.05, 0) is 12.1 Å². The molecule has 1 aromatic carbocycles. The predicted octanol–water partition coefficient (Wildman–Crippen LogP) is 1.83. The molecular weight excluding hydrogens is 200 g/mol. The molecule has 0 unspecified atom stereocenters. The van der Waals surface area contributed by atoms with E-state index in [4.69, 9.17) is 15.3 Å². The Hall–Kier alpha value is -1.91. The van der Waals surface area contributed by atoms with E-state index >= 15 is 0 Å². The minimum atomic E-state index is -1.20. The Kier molecular flexibility index (Phi) is 5.01. The fraction of sp³-hybridized carbons (Fsp3) is 0.300. The number of carbonyl (C=O) groups is 1. The molecule has 0 saturated heterocycles. The van der Waals surface area contributed by atoms with Gasteiger partial charge < -0.3 is 20.1 Å². The van der Waals surface area contributed by atoms with Crippen LogP contribution in [0.5, 0.6) is 17.2 Å². The molecule has 1 aromatic rings. The van der Waals surface area contributed by atoms with E-state index in [0.29, 0.717) is 0 Å². The highest BCUT2D eigenvalue weighted by Crippen LogP contribution is 2.36. The molecule has 0 saturated carbocycles. The molecule has 0 fully saturated rings. The summed E-state index contributed by atoms with van der Waals surface area (Å²) in [6, 6.07) is 2.07. The van der Waals surface area contributed by atoms with Crippen LogP contribution in [0.4, 0.5) is 0 Å². The van der Waals surface area contributed by atoms with Crippen LogP contribution in [-0.2, 0) is 0 Å². The zero-order valence-corrected chi connectivity index (χ0v) is 8.81. The first-order valence-corrected chi connectivity index (χ1v) is 4.39. The summed E-state index contributed by atoms with van der Waals surface area (Å²) < 4.78 is 4.64. The van der Waals surface area contributed by atoms with E-state index in [0.717, 1.165) is 12.1 Å². The van der Waals surface area contributed by atoms with Gasteiger partial charge in [0.1, 0.15) is 0 Å². The molecule has 1 rings (SSSR count). The molecule has 0 aliphatic heterocycles. The monoisotopic (exact) mass is 214 g/mol. The fourth-order valence-corrected chi connectivity index (χ4v) is 0.872. The Bertz CT molecular complexity index is 346. The van der Waals surface area contributed by atoms with Gasteiger partial charge in [0.25, 0.3) is 0 Å². The Morgan fingerprint density at radius 1 is 1.27 bits per heavy atom. The highest BCUT2D eigenvalue weighted by Gasteiger charge is 2.12. The van der Waals surface area contributed by atoms with E-state index < -0.39 is 17.5 Å². The van der Waals surface area contributed by atoms with Gasteiger partial charge in [0, 0.05) is 0 Å². The smallest absolute Gasteiger partial charge is 0.335 e. The largest absolute Gasteiger partial charge is 0.504 e. The van der Waals surface area contributed by atoms with Gasteiger partial charge in [0.15, 0.2) is 11.5 Å². The number of carboxylic acid groups (broad SMARTS) is 1. The number of ether oxygens (including phenoxy) is 1. The van der Waals surface area contributed by atoms with Gasteiger partial charge in [-0.25, -0.2) is 4.79 Å². The first-order chi connectivity index (χ1) is 7.06. The van der Waals surface area contributed by atoms with E-state index in [-0.39, 0.29) is 11.3 Å². The van der Waals surface area contributed by atoms with Crippen LogP contribution in [0.1, 0.15) is 24.2 Å². The van der Waals surface area contributed by atoms with Crippen molar-refractivity contribution in [2.45, 2.75) is 13.8 Å². The molecule has 0 radical (unpaired) electrons. The Morgan fingerprint density at radius 2 is 1.80 bits per heavy atom. The number of hydrogen-bond donors (Lipinski definition) is 3. The van der Waals surface area contributed by atoms with Gasteiger partial charge in [0.2, 0.25) is 5.75 Å². The van der Waals surface area contributed by atoms with Gasteiger partial charge >= 0.3 is 5.97 Å². The van der Waals surface area contributed by atoms with Crippen molar-refractivity contribution in [3.8, 4) is 17.2 Å². The first kappa shape index (κ1) is 13.1. The van der Waals surface area contributed by atoms with Gasteiger partial charge in [-0.15, -0.1) is 0 Å². The van der Waals surface area contributed by atoms with Gasteiger partial charge in [-0.3, -0.25) is 0 Å². The molecule has 5 heteroatoms. The van der Waals surface area contributed by atoms with E-state index in [1.165, 1.54) is 7.11 Å². The van der Waals surface area contributed by atoms with Crippen molar-refractivity contribution in [1.29, 1.82) is 0 Å². The van der Waals surface area contributed by atoms with Crippen LogP contribution in [0.15, 0.2) is 12.1 Å². The average Bonchev–Trinajstić information content (AvgIpc) is 2.24. The van der Waals surface area contributed by atoms with Crippen LogP contribution in [-0.4, -0.2) is 28.4 Å². The summed E-state index contributed by atoms with van der Waals surface area (Å²) in [7, 11) is 1.26. The van der Waals surface area contributed by atoms with E-state index in [2.05, 4.69) is 4.74 Å². The summed E-state index contributed by atoms with van der Waals surface area (Å²) in [5.74, 6) is -2.25. The SMILES string of the molecule is CC.COc1cc(C(=O)O)cc(O)c1O. The molecule has 15 heavy (non-hydrogen) atoms. The number of hydrogen-bond acceptors (Lipinski definition) is 4. The van der Waals surface area contributed by atoms with Crippen molar-refractivity contribution < 1.29 is 24.9 Å². The molecule has 0 amide bonds. The van der Waals surface area contributed by atoms with Gasteiger partial charge in [-0.1, -0.05) is 13.8 Å². The first-order valence-electron chi connectivity index (χ1n) is 4.39. The van der Waals surface area contributed by atoms with Gasteiger partial charge in [-0.2, -0.15) is 0 Å². The van der Waals surface area contributed by atoms with Crippen LogP contribution in [0.2, 0.25) is 0 Å². The Morgan fingerprint density at radius 3 is 2.20 bits per heavy atom. The van der Waals surface area contributed by atoms with Crippen LogP contribution < -0.4 is 4.74 Å². The molecule has 0 aromatic heterocycles. The summed E-state index contributed by atoms with van der Waals surface area (Å²) >= 11 is 0. The molecule has 84 valence electrons. The second-order valence-corrected chi connectivity index (χ2v) is 2.35. The third-order valence-corrected chi connectivity index (χ3v) is 1.52. The maximum Gasteiger partial charge on any atom is 0.335 e. The Balaban J connectivity index is 0.000000921. The van der Waals surface area contributed by atoms with E-state index in [1.54, 1.807) is 0 Å². The normalized spacial score (nSPS) is 8.73. The van der Waals surface area contributed by atoms with Crippen LogP contribution in [0.3, 0.4) is 0 Å². The minimum absolute atomic E-state index is 0.0719. The molecule has 0 bridgehead atoms. The second kappa shape index (κ2) is 5.74. The molecule has 3 N–H and O–H groups in total. The lowest BCUT2D eigenvalue weighted by Gasteiger charge is -2.05. The van der Waals surface area contributed by atoms with Crippen LogP contribution >= 0.6 is 0 Å². The number of rotatable bonds is 2. The summed E-state index contributed by atoms with van der Waals surface area (Å²) in [5, 5.41) is 26.8. The Labute approximate surface area is 87.6 Å². The number of phenols is 2. The molecule has 0 aliphatic carbocycles. The lowest BCUT2D eigenvalue weighted by Crippen LogP contribution is -1.96. The van der Waals surface area contributed by atoms with Crippen molar-refractivity contribution in [2.24, 2.45) is 0 Å². The lowest BCUT2D eigenvalue weighted by molar-refractivity contribution is 0.0696. The number of methoxy groups -OCH3 is 1. The van der Waals surface area contributed by atoms with Crippen molar-refractivity contribution >= 4 is 5.97 Å². The third kappa shape index (κ3) is 3.05. The standard InChI is InChI=1S/C8H8O5.C2H6/c1-13-6-3-4(8(11)12)2-5(9)7(6)10;1-2/h2-3,9-10H,1H3,(H,11,12);1-2H3. The number of carboxylic acids is 1. The van der Waals surface area contributed by atoms with Crippen molar-refractivity contribution in [3.05, 3.63) is 17.7 Å². The highest BCUT2D eigenvalue weighted by atomic mass is 16.5. The summed E-state index contributed by atoms with van der Waals surface area (Å²) in [6.45, 7) is 4.00. The topological polar surface area (TPSA) is 87.0 Å². The van der Waals surface area contributed by atoms with Crippen LogP contribution in [0, 0.1) is 0 Å². The number of aromatic carboxylic acids is 1. The van der Waals surface area contributed by atoms with Crippen molar-refractivity contribution in [1.82, 2.24) is 0 Å². The van der Waals surface area contributed by atoms with E-state index in [9.17, 15) is 4.79 Å². The number of aromatic hydroxyl groups is 2. The maximum absolute atomic E-state index is 10.5. The molecule has 0 atom stereocenters.